The minimum Gasteiger partial charge on any atom is -0.506 e. The van der Waals surface area contributed by atoms with E-state index in [0.29, 0.717) is 50.1 Å². The van der Waals surface area contributed by atoms with E-state index in [9.17, 15) is 19.1 Å². The van der Waals surface area contributed by atoms with E-state index in [-0.39, 0.29) is 29.4 Å². The number of halogens is 1. The van der Waals surface area contributed by atoms with E-state index in [2.05, 4.69) is 10.6 Å². The Morgan fingerprint density at radius 3 is 2.46 bits per heavy atom. The van der Waals surface area contributed by atoms with Gasteiger partial charge in [-0.1, -0.05) is 30.3 Å². The first-order valence-electron chi connectivity index (χ1n) is 9.39. The first kappa shape index (κ1) is 19.7. The lowest BCUT2D eigenvalue weighted by molar-refractivity contribution is -0.121. The van der Waals surface area contributed by atoms with Crippen LogP contribution in [0.2, 0.25) is 0 Å². The summed E-state index contributed by atoms with van der Waals surface area (Å²) < 4.78 is 13.6. The molecule has 2 aromatic carbocycles. The van der Waals surface area contributed by atoms with Crippen LogP contribution >= 0.6 is 0 Å². The van der Waals surface area contributed by atoms with Crippen LogP contribution in [0.3, 0.4) is 0 Å². The Balaban J connectivity index is 1.42. The molecule has 2 aromatic rings. The zero-order valence-corrected chi connectivity index (χ0v) is 15.5. The Morgan fingerprint density at radius 1 is 1.07 bits per heavy atom. The molecule has 1 aliphatic heterocycles. The lowest BCUT2D eigenvalue weighted by Gasteiger charge is -2.31. The summed E-state index contributed by atoms with van der Waals surface area (Å²) in [5.74, 6) is -0.598. The highest BCUT2D eigenvalue weighted by Gasteiger charge is 2.27. The minimum atomic E-state index is -0.270. The average molecular weight is 385 g/mol. The van der Waals surface area contributed by atoms with E-state index in [1.807, 2.05) is 0 Å². The fourth-order valence-electron chi connectivity index (χ4n) is 3.28. The van der Waals surface area contributed by atoms with Crippen LogP contribution in [0.25, 0.3) is 0 Å². The Bertz CT molecular complexity index is 835. The summed E-state index contributed by atoms with van der Waals surface area (Å²) in [4.78, 5) is 26.3. The number of amides is 3. The van der Waals surface area contributed by atoms with Crippen LogP contribution in [-0.4, -0.2) is 41.6 Å². The second-order valence-electron chi connectivity index (χ2n) is 6.84. The molecule has 7 heteroatoms. The van der Waals surface area contributed by atoms with Crippen LogP contribution in [-0.2, 0) is 11.2 Å². The maximum Gasteiger partial charge on any atom is 0.317 e. The minimum absolute atomic E-state index is 0.0301. The monoisotopic (exact) mass is 385 g/mol. The van der Waals surface area contributed by atoms with Crippen molar-refractivity contribution in [2.24, 2.45) is 5.92 Å². The molecule has 1 heterocycles. The van der Waals surface area contributed by atoms with E-state index < -0.39 is 0 Å². The molecule has 1 fully saturated rings. The van der Waals surface area contributed by atoms with Crippen molar-refractivity contribution in [3.8, 4) is 5.75 Å². The lowest BCUT2D eigenvalue weighted by Crippen LogP contribution is -2.46. The molecule has 0 aliphatic carbocycles. The summed E-state index contributed by atoms with van der Waals surface area (Å²) in [6, 6.07) is 12.9. The van der Waals surface area contributed by atoms with Gasteiger partial charge < -0.3 is 20.6 Å². The van der Waals surface area contributed by atoms with Crippen molar-refractivity contribution >= 4 is 17.6 Å². The molecule has 3 amide bonds. The molecule has 6 nitrogen and oxygen atoms in total. The number of rotatable bonds is 5. The van der Waals surface area contributed by atoms with Crippen molar-refractivity contribution < 1.29 is 19.1 Å². The number of anilines is 1. The van der Waals surface area contributed by atoms with Crippen molar-refractivity contribution in [1.29, 1.82) is 0 Å². The summed E-state index contributed by atoms with van der Waals surface area (Å²) in [6.07, 6.45) is 1.54. The Labute approximate surface area is 163 Å². The number of likely N-dealkylation sites (tertiary alicyclic amines) is 1. The van der Waals surface area contributed by atoms with Crippen molar-refractivity contribution in [3.05, 3.63) is 59.9 Å². The normalized spacial score (nSPS) is 14.5. The summed E-state index contributed by atoms with van der Waals surface area (Å²) in [5, 5.41) is 15.3. The highest BCUT2D eigenvalue weighted by atomic mass is 19.1. The lowest BCUT2D eigenvalue weighted by atomic mass is 9.96. The molecule has 3 rings (SSSR count). The van der Waals surface area contributed by atoms with Gasteiger partial charge in [-0.3, -0.25) is 4.79 Å². The molecule has 0 aromatic heterocycles. The number of aromatic hydroxyl groups is 1. The average Bonchev–Trinajstić information content (AvgIpc) is 2.71. The number of carbonyl (C=O) groups excluding carboxylic acids is 2. The SMILES string of the molecule is O=C(Nc1ccccc1O)C1CCN(C(=O)NCCc2ccccc2F)CC1. The van der Waals surface area contributed by atoms with Crippen LogP contribution in [0.4, 0.5) is 14.9 Å². The van der Waals surface area contributed by atoms with Gasteiger partial charge in [0.05, 0.1) is 5.69 Å². The molecular formula is C21H24FN3O3. The first-order chi connectivity index (χ1) is 13.5. The van der Waals surface area contributed by atoms with Crippen LogP contribution in [0.1, 0.15) is 18.4 Å². The Hall–Kier alpha value is -3.09. The number of urea groups is 1. The van der Waals surface area contributed by atoms with Gasteiger partial charge in [-0.2, -0.15) is 0 Å². The third-order valence-corrected chi connectivity index (χ3v) is 4.94. The molecule has 28 heavy (non-hydrogen) atoms. The molecule has 0 spiro atoms. The molecule has 1 saturated heterocycles. The van der Waals surface area contributed by atoms with Gasteiger partial charge in [0, 0.05) is 25.6 Å². The smallest absolute Gasteiger partial charge is 0.317 e. The van der Waals surface area contributed by atoms with Gasteiger partial charge in [-0.15, -0.1) is 0 Å². The molecular weight excluding hydrogens is 361 g/mol. The number of nitrogens with zero attached hydrogens (tertiary/aromatic N) is 1. The van der Waals surface area contributed by atoms with E-state index in [1.165, 1.54) is 12.1 Å². The number of hydrogen-bond donors (Lipinski definition) is 3. The maximum atomic E-state index is 13.6. The quantitative estimate of drug-likeness (QED) is 0.692. The number of benzene rings is 2. The van der Waals surface area contributed by atoms with Gasteiger partial charge in [-0.05, 0) is 43.0 Å². The Morgan fingerprint density at radius 2 is 1.75 bits per heavy atom. The van der Waals surface area contributed by atoms with Gasteiger partial charge >= 0.3 is 6.03 Å². The predicted molar refractivity (Wildman–Crippen MR) is 105 cm³/mol. The second-order valence-corrected chi connectivity index (χ2v) is 6.84. The number of phenols is 1. The number of hydrogen-bond acceptors (Lipinski definition) is 3. The Kier molecular flexibility index (Phi) is 6.47. The van der Waals surface area contributed by atoms with Gasteiger partial charge in [0.1, 0.15) is 11.6 Å². The third-order valence-electron chi connectivity index (χ3n) is 4.94. The first-order valence-corrected chi connectivity index (χ1v) is 9.39. The number of carbonyl (C=O) groups is 2. The summed E-state index contributed by atoms with van der Waals surface area (Å²) in [6.45, 7) is 1.31. The predicted octanol–water partition coefficient (Wildman–Crippen LogP) is 3.13. The van der Waals surface area contributed by atoms with Crippen LogP contribution < -0.4 is 10.6 Å². The molecule has 0 radical (unpaired) electrons. The van der Waals surface area contributed by atoms with E-state index >= 15 is 0 Å². The largest absolute Gasteiger partial charge is 0.506 e. The van der Waals surface area contributed by atoms with Crippen LogP contribution in [0.5, 0.6) is 5.75 Å². The van der Waals surface area contributed by atoms with Gasteiger partial charge in [0.25, 0.3) is 0 Å². The van der Waals surface area contributed by atoms with E-state index in [0.717, 1.165) is 0 Å². The van der Waals surface area contributed by atoms with Gasteiger partial charge in [0.2, 0.25) is 5.91 Å². The molecule has 148 valence electrons. The number of piperidine rings is 1. The fourth-order valence-corrected chi connectivity index (χ4v) is 3.28. The van der Waals surface area contributed by atoms with E-state index in [1.54, 1.807) is 41.3 Å². The van der Waals surface area contributed by atoms with Gasteiger partial charge in [0.15, 0.2) is 0 Å². The fraction of sp³-hybridized carbons (Fsp3) is 0.333. The second kappa shape index (κ2) is 9.21. The van der Waals surface area contributed by atoms with Crippen molar-refractivity contribution in [2.45, 2.75) is 19.3 Å². The number of para-hydroxylation sites is 2. The standard InChI is InChI=1S/C21H24FN3O3/c22-17-6-2-1-5-15(17)9-12-23-21(28)25-13-10-16(11-14-25)20(27)24-18-7-3-4-8-19(18)26/h1-8,16,26H,9-14H2,(H,23,28)(H,24,27). The van der Waals surface area contributed by atoms with Crippen LogP contribution in [0.15, 0.2) is 48.5 Å². The number of phenolic OH excluding ortho intramolecular Hbond substituents is 1. The zero-order valence-electron chi connectivity index (χ0n) is 15.5. The number of nitrogens with one attached hydrogen (secondary N) is 2. The summed E-state index contributed by atoms with van der Waals surface area (Å²) in [5.41, 5.74) is 0.961. The highest BCUT2D eigenvalue weighted by molar-refractivity contribution is 5.94. The highest BCUT2D eigenvalue weighted by Crippen LogP contribution is 2.24. The molecule has 3 N–H and O–H groups in total. The maximum absolute atomic E-state index is 13.6. The van der Waals surface area contributed by atoms with E-state index in [4.69, 9.17) is 0 Å². The third kappa shape index (κ3) is 5.00. The summed E-state index contributed by atoms with van der Waals surface area (Å²) >= 11 is 0. The molecule has 0 atom stereocenters. The topological polar surface area (TPSA) is 81.7 Å². The van der Waals surface area contributed by atoms with Crippen LogP contribution in [0, 0.1) is 11.7 Å². The zero-order chi connectivity index (χ0) is 19.9. The molecule has 0 unspecified atom stereocenters. The van der Waals surface area contributed by atoms with Gasteiger partial charge in [-0.25, -0.2) is 9.18 Å². The van der Waals surface area contributed by atoms with Crippen molar-refractivity contribution in [1.82, 2.24) is 10.2 Å². The summed E-state index contributed by atoms with van der Waals surface area (Å²) in [7, 11) is 0. The molecule has 0 saturated carbocycles. The molecule has 1 aliphatic rings. The van der Waals surface area contributed by atoms with Crippen molar-refractivity contribution in [3.63, 3.8) is 0 Å². The van der Waals surface area contributed by atoms with Crippen molar-refractivity contribution in [2.75, 3.05) is 25.0 Å². The molecule has 0 bridgehead atoms.